The highest BCUT2D eigenvalue weighted by atomic mass is 16.5. The number of nitrogens with one attached hydrogen (secondary N) is 2. The van der Waals surface area contributed by atoms with Crippen molar-refractivity contribution in [3.05, 3.63) is 24.3 Å². The van der Waals surface area contributed by atoms with Crippen LogP contribution in [0, 0.1) is 0 Å². The predicted molar refractivity (Wildman–Crippen MR) is 72.6 cm³/mol. The average Bonchev–Trinajstić information content (AvgIpc) is 2.34. The minimum Gasteiger partial charge on any atom is -0.482 e. The minimum atomic E-state index is -0.373. The van der Waals surface area contributed by atoms with Gasteiger partial charge in [0.15, 0.2) is 6.61 Å². The van der Waals surface area contributed by atoms with E-state index >= 15 is 0 Å². The first kappa shape index (κ1) is 14.8. The first-order valence-electron chi connectivity index (χ1n) is 6.02. The summed E-state index contributed by atoms with van der Waals surface area (Å²) in [6.07, 6.45) is 0. The van der Waals surface area contributed by atoms with Gasteiger partial charge in [-0.05, 0) is 26.0 Å². The highest BCUT2D eigenvalue weighted by molar-refractivity contribution is 5.85. The third-order valence-corrected chi connectivity index (χ3v) is 2.17. The summed E-state index contributed by atoms with van der Waals surface area (Å²) in [5, 5.41) is 5.13. The van der Waals surface area contributed by atoms with Crippen LogP contribution in [0.3, 0.4) is 0 Å². The van der Waals surface area contributed by atoms with Crippen molar-refractivity contribution in [3.63, 3.8) is 0 Å². The Morgan fingerprint density at radius 1 is 1.26 bits per heavy atom. The number of para-hydroxylation sites is 2. The molecule has 19 heavy (non-hydrogen) atoms. The zero-order chi connectivity index (χ0) is 14.3. The SMILES string of the molecule is CC(C)NC(=O)CNC(=O)COc1ccccc1N. The van der Waals surface area contributed by atoms with Crippen LogP contribution in [0.25, 0.3) is 0 Å². The number of benzene rings is 1. The normalized spacial score (nSPS) is 10.1. The third kappa shape index (κ3) is 5.76. The summed E-state index contributed by atoms with van der Waals surface area (Å²) >= 11 is 0. The lowest BCUT2D eigenvalue weighted by Gasteiger charge is -2.10. The molecule has 0 aliphatic heterocycles. The lowest BCUT2D eigenvalue weighted by atomic mass is 10.3. The number of carbonyl (C=O) groups is 2. The lowest BCUT2D eigenvalue weighted by Crippen LogP contribution is -2.41. The molecule has 4 N–H and O–H groups in total. The minimum absolute atomic E-state index is 0.0461. The molecule has 0 saturated carbocycles. The van der Waals surface area contributed by atoms with Gasteiger partial charge in [-0.15, -0.1) is 0 Å². The molecule has 0 aromatic heterocycles. The third-order valence-electron chi connectivity index (χ3n) is 2.17. The molecule has 1 aromatic carbocycles. The molecule has 0 unspecified atom stereocenters. The van der Waals surface area contributed by atoms with Crippen molar-refractivity contribution < 1.29 is 14.3 Å². The summed E-state index contributed by atoms with van der Waals surface area (Å²) < 4.78 is 5.24. The molecule has 0 heterocycles. The number of carbonyl (C=O) groups excluding carboxylic acids is 2. The van der Waals surface area contributed by atoms with E-state index in [0.29, 0.717) is 11.4 Å². The molecule has 6 heteroatoms. The van der Waals surface area contributed by atoms with Gasteiger partial charge in [-0.25, -0.2) is 0 Å². The van der Waals surface area contributed by atoms with Crippen molar-refractivity contribution in [2.45, 2.75) is 19.9 Å². The van der Waals surface area contributed by atoms with Crippen molar-refractivity contribution in [1.82, 2.24) is 10.6 Å². The van der Waals surface area contributed by atoms with Crippen molar-refractivity contribution in [3.8, 4) is 5.75 Å². The van der Waals surface area contributed by atoms with Crippen LogP contribution in [0.1, 0.15) is 13.8 Å². The summed E-state index contributed by atoms with van der Waals surface area (Å²) in [6.45, 7) is 3.45. The number of amides is 2. The van der Waals surface area contributed by atoms with Gasteiger partial charge >= 0.3 is 0 Å². The molecule has 6 nitrogen and oxygen atoms in total. The molecule has 1 aromatic rings. The number of rotatable bonds is 6. The Morgan fingerprint density at radius 2 is 1.95 bits per heavy atom. The summed E-state index contributed by atoms with van der Waals surface area (Å²) in [7, 11) is 0. The van der Waals surface area contributed by atoms with E-state index in [4.69, 9.17) is 10.5 Å². The number of nitrogens with two attached hydrogens (primary N) is 1. The standard InChI is InChI=1S/C13H19N3O3/c1-9(2)16-12(17)7-15-13(18)8-19-11-6-4-3-5-10(11)14/h3-6,9H,7-8,14H2,1-2H3,(H,15,18)(H,16,17). The molecular formula is C13H19N3O3. The molecule has 0 bridgehead atoms. The van der Waals surface area contributed by atoms with Crippen molar-refractivity contribution in [1.29, 1.82) is 0 Å². The summed E-state index contributed by atoms with van der Waals surface area (Å²) in [4.78, 5) is 22.8. The van der Waals surface area contributed by atoms with E-state index in [1.165, 1.54) is 0 Å². The van der Waals surface area contributed by atoms with Crippen molar-refractivity contribution in [2.24, 2.45) is 0 Å². The van der Waals surface area contributed by atoms with E-state index < -0.39 is 0 Å². The van der Waals surface area contributed by atoms with Gasteiger partial charge in [-0.3, -0.25) is 9.59 Å². The zero-order valence-electron chi connectivity index (χ0n) is 11.1. The maximum Gasteiger partial charge on any atom is 0.258 e. The van der Waals surface area contributed by atoms with Gasteiger partial charge < -0.3 is 21.1 Å². The van der Waals surface area contributed by atoms with Crippen LogP contribution < -0.4 is 21.1 Å². The van der Waals surface area contributed by atoms with Gasteiger partial charge in [-0.2, -0.15) is 0 Å². The number of hydrogen-bond donors (Lipinski definition) is 3. The Hall–Kier alpha value is -2.24. The van der Waals surface area contributed by atoms with Crippen LogP contribution in [-0.2, 0) is 9.59 Å². The van der Waals surface area contributed by atoms with E-state index in [9.17, 15) is 9.59 Å². The molecule has 104 valence electrons. The van der Waals surface area contributed by atoms with Gasteiger partial charge in [0.1, 0.15) is 5.75 Å². The Morgan fingerprint density at radius 3 is 2.58 bits per heavy atom. The van der Waals surface area contributed by atoms with Crippen LogP contribution >= 0.6 is 0 Å². The fourth-order valence-corrected chi connectivity index (χ4v) is 1.36. The number of hydrogen-bond acceptors (Lipinski definition) is 4. The van der Waals surface area contributed by atoms with Gasteiger partial charge in [0.05, 0.1) is 12.2 Å². The van der Waals surface area contributed by atoms with Gasteiger partial charge in [0.25, 0.3) is 5.91 Å². The van der Waals surface area contributed by atoms with Crippen LogP contribution in [0.5, 0.6) is 5.75 Å². The topological polar surface area (TPSA) is 93.5 Å². The molecule has 0 aliphatic rings. The summed E-state index contributed by atoms with van der Waals surface area (Å²) in [6, 6.07) is 6.94. The Bertz CT molecular complexity index is 447. The molecule has 0 spiro atoms. The lowest BCUT2D eigenvalue weighted by molar-refractivity contribution is -0.127. The van der Waals surface area contributed by atoms with Crippen LogP contribution in [-0.4, -0.2) is 31.0 Å². The fourth-order valence-electron chi connectivity index (χ4n) is 1.36. The molecule has 0 saturated heterocycles. The number of nitrogen functional groups attached to an aromatic ring is 1. The molecule has 2 amide bonds. The number of ether oxygens (including phenoxy) is 1. The Labute approximate surface area is 112 Å². The van der Waals surface area contributed by atoms with Crippen molar-refractivity contribution in [2.75, 3.05) is 18.9 Å². The fraction of sp³-hybridized carbons (Fsp3) is 0.385. The average molecular weight is 265 g/mol. The van der Waals surface area contributed by atoms with Crippen LogP contribution in [0.4, 0.5) is 5.69 Å². The predicted octanol–water partition coefficient (Wildman–Crippen LogP) is 0.288. The van der Waals surface area contributed by atoms with Gasteiger partial charge in [0.2, 0.25) is 5.91 Å². The van der Waals surface area contributed by atoms with Crippen LogP contribution in [0.15, 0.2) is 24.3 Å². The Balaban J connectivity index is 2.29. The Kier molecular flexibility index (Phi) is 5.66. The largest absolute Gasteiger partial charge is 0.482 e. The van der Waals surface area contributed by atoms with E-state index in [-0.39, 0.29) is 31.0 Å². The highest BCUT2D eigenvalue weighted by Gasteiger charge is 2.07. The second kappa shape index (κ2) is 7.25. The number of anilines is 1. The zero-order valence-corrected chi connectivity index (χ0v) is 11.1. The quantitative estimate of drug-likeness (QED) is 0.644. The van der Waals surface area contributed by atoms with Crippen LogP contribution in [0.2, 0.25) is 0 Å². The highest BCUT2D eigenvalue weighted by Crippen LogP contribution is 2.19. The van der Waals surface area contributed by atoms with Crippen molar-refractivity contribution >= 4 is 17.5 Å². The van der Waals surface area contributed by atoms with E-state index in [2.05, 4.69) is 10.6 Å². The molecule has 1 rings (SSSR count). The molecular weight excluding hydrogens is 246 g/mol. The van der Waals surface area contributed by atoms with Gasteiger partial charge in [-0.1, -0.05) is 12.1 Å². The maximum absolute atomic E-state index is 11.5. The summed E-state index contributed by atoms with van der Waals surface area (Å²) in [5.41, 5.74) is 6.13. The molecule has 0 aliphatic carbocycles. The monoisotopic (exact) mass is 265 g/mol. The first-order chi connectivity index (χ1) is 8.99. The molecule has 0 fully saturated rings. The second-order valence-corrected chi connectivity index (χ2v) is 4.33. The molecule has 0 radical (unpaired) electrons. The summed E-state index contributed by atoms with van der Waals surface area (Å²) in [5.74, 6) is -0.158. The maximum atomic E-state index is 11.5. The van der Waals surface area contributed by atoms with E-state index in [0.717, 1.165) is 0 Å². The second-order valence-electron chi connectivity index (χ2n) is 4.33. The van der Waals surface area contributed by atoms with Gasteiger partial charge in [0, 0.05) is 6.04 Å². The smallest absolute Gasteiger partial charge is 0.258 e. The molecule has 0 atom stereocenters. The van der Waals surface area contributed by atoms with E-state index in [1.54, 1.807) is 24.3 Å². The first-order valence-corrected chi connectivity index (χ1v) is 6.02. The van der Waals surface area contributed by atoms with E-state index in [1.807, 2.05) is 13.8 Å².